The summed E-state index contributed by atoms with van der Waals surface area (Å²) in [5, 5.41) is 16.8. The van der Waals surface area contributed by atoms with Gasteiger partial charge in [0.15, 0.2) is 0 Å². The Bertz CT molecular complexity index is 243. The maximum absolute atomic E-state index is 10.4. The molecule has 0 atom stereocenters. The van der Waals surface area contributed by atoms with Crippen LogP contribution in [0.3, 0.4) is 0 Å². The van der Waals surface area contributed by atoms with Crippen LogP contribution in [0.2, 0.25) is 0 Å². The second-order valence-electron chi connectivity index (χ2n) is 3.24. The molecule has 0 aromatic rings. The molecule has 0 aromatic heterocycles. The first kappa shape index (κ1) is 13.7. The average molecular weight is 211 g/mol. The molecule has 0 radical (unpaired) electrons. The second kappa shape index (κ2) is 9.22. The summed E-state index contributed by atoms with van der Waals surface area (Å²) in [4.78, 5) is 10.4. The van der Waals surface area contributed by atoms with Crippen LogP contribution in [0, 0.1) is 11.3 Å². The first-order chi connectivity index (χ1) is 7.18. The highest BCUT2D eigenvalue weighted by molar-refractivity contribution is 5.85. The summed E-state index contributed by atoms with van der Waals surface area (Å²) in [6.07, 6.45) is 3.62. The lowest BCUT2D eigenvalue weighted by Crippen LogP contribution is -1.99. The molecule has 1 N–H and O–H groups in total. The number of aliphatic carboxylic acids is 1. The van der Waals surface area contributed by atoms with Crippen molar-refractivity contribution in [1.29, 1.82) is 5.26 Å². The number of unbranched alkanes of at least 4 members (excludes halogenated alkanes) is 2. The first-order valence-corrected chi connectivity index (χ1v) is 5.04. The van der Waals surface area contributed by atoms with Crippen molar-refractivity contribution < 1.29 is 14.6 Å². The molecular formula is C11H17NO3. The van der Waals surface area contributed by atoms with Crippen LogP contribution in [0.15, 0.2) is 12.2 Å². The van der Waals surface area contributed by atoms with Gasteiger partial charge >= 0.3 is 5.97 Å². The van der Waals surface area contributed by atoms with Crippen molar-refractivity contribution >= 4 is 5.97 Å². The Morgan fingerprint density at radius 2 is 2.07 bits per heavy atom. The normalized spacial score (nSPS) is 9.53. The number of ether oxygens (including phenoxy) is 1. The predicted molar refractivity (Wildman–Crippen MR) is 56.3 cm³/mol. The van der Waals surface area contributed by atoms with Crippen LogP contribution in [0.4, 0.5) is 0 Å². The van der Waals surface area contributed by atoms with E-state index in [-0.39, 0.29) is 5.57 Å². The SMILES string of the molecule is C=C(CCCCCOCCC#N)C(=O)O. The van der Waals surface area contributed by atoms with Gasteiger partial charge in [0.05, 0.1) is 19.1 Å². The van der Waals surface area contributed by atoms with E-state index >= 15 is 0 Å². The van der Waals surface area contributed by atoms with Crippen molar-refractivity contribution in [2.24, 2.45) is 0 Å². The lowest BCUT2D eigenvalue weighted by Gasteiger charge is -2.02. The van der Waals surface area contributed by atoms with Gasteiger partial charge in [-0.15, -0.1) is 0 Å². The minimum absolute atomic E-state index is 0.264. The fourth-order valence-corrected chi connectivity index (χ4v) is 1.05. The molecule has 0 saturated carbocycles. The summed E-state index contributed by atoms with van der Waals surface area (Å²) in [6, 6.07) is 2.00. The Morgan fingerprint density at radius 1 is 1.33 bits per heavy atom. The van der Waals surface area contributed by atoms with Gasteiger partial charge in [-0.25, -0.2) is 4.79 Å². The topological polar surface area (TPSA) is 70.3 Å². The molecule has 0 aliphatic rings. The fourth-order valence-electron chi connectivity index (χ4n) is 1.05. The number of rotatable bonds is 9. The maximum atomic E-state index is 10.4. The lowest BCUT2D eigenvalue weighted by atomic mass is 10.1. The van der Waals surface area contributed by atoms with E-state index in [9.17, 15) is 4.79 Å². The van der Waals surface area contributed by atoms with Crippen LogP contribution >= 0.6 is 0 Å². The minimum atomic E-state index is -0.916. The molecule has 0 aliphatic heterocycles. The summed E-state index contributed by atoms with van der Waals surface area (Å²) in [5.41, 5.74) is 0.264. The maximum Gasteiger partial charge on any atom is 0.330 e. The van der Waals surface area contributed by atoms with Gasteiger partial charge in [-0.3, -0.25) is 0 Å². The molecule has 0 unspecified atom stereocenters. The number of hydrogen-bond acceptors (Lipinski definition) is 3. The molecule has 15 heavy (non-hydrogen) atoms. The minimum Gasteiger partial charge on any atom is -0.478 e. The molecule has 4 nitrogen and oxygen atoms in total. The largest absolute Gasteiger partial charge is 0.478 e. The number of carbonyl (C=O) groups is 1. The summed E-state index contributed by atoms with van der Waals surface area (Å²) >= 11 is 0. The van der Waals surface area contributed by atoms with Crippen molar-refractivity contribution in [2.75, 3.05) is 13.2 Å². The van der Waals surface area contributed by atoms with Gasteiger partial charge in [0, 0.05) is 12.2 Å². The van der Waals surface area contributed by atoms with Gasteiger partial charge < -0.3 is 9.84 Å². The van der Waals surface area contributed by atoms with Crippen molar-refractivity contribution in [2.45, 2.75) is 32.1 Å². The molecule has 0 aliphatic carbocycles. The standard InChI is InChI=1S/C11H17NO3/c1-10(11(13)14)6-3-2-4-8-15-9-5-7-12/h1-6,8-9H2,(H,13,14). The van der Waals surface area contributed by atoms with Crippen molar-refractivity contribution in [3.05, 3.63) is 12.2 Å². The highest BCUT2D eigenvalue weighted by Gasteiger charge is 2.02. The van der Waals surface area contributed by atoms with Crippen molar-refractivity contribution in [3.8, 4) is 6.07 Å². The van der Waals surface area contributed by atoms with E-state index in [2.05, 4.69) is 6.58 Å². The molecule has 0 fully saturated rings. The molecule has 4 heteroatoms. The molecule has 0 aromatic carbocycles. The lowest BCUT2D eigenvalue weighted by molar-refractivity contribution is -0.132. The summed E-state index contributed by atoms with van der Waals surface area (Å²) in [7, 11) is 0. The number of carboxylic acids is 1. The van der Waals surface area contributed by atoms with Gasteiger partial charge in [0.2, 0.25) is 0 Å². The van der Waals surface area contributed by atoms with E-state index in [0.717, 1.165) is 19.3 Å². The highest BCUT2D eigenvalue weighted by Crippen LogP contribution is 2.07. The molecule has 0 bridgehead atoms. The van der Waals surface area contributed by atoms with E-state index in [0.29, 0.717) is 26.1 Å². The molecule has 0 spiro atoms. The van der Waals surface area contributed by atoms with Gasteiger partial charge in [-0.2, -0.15) is 5.26 Å². The van der Waals surface area contributed by atoms with Crippen LogP contribution in [-0.2, 0) is 9.53 Å². The Morgan fingerprint density at radius 3 is 2.67 bits per heavy atom. The van der Waals surface area contributed by atoms with Crippen LogP contribution in [-0.4, -0.2) is 24.3 Å². The predicted octanol–water partition coefficient (Wildman–Crippen LogP) is 2.12. The average Bonchev–Trinajstić information content (AvgIpc) is 2.21. The van der Waals surface area contributed by atoms with Crippen LogP contribution in [0.1, 0.15) is 32.1 Å². The molecule has 0 heterocycles. The Labute approximate surface area is 90.2 Å². The van der Waals surface area contributed by atoms with Crippen LogP contribution in [0.25, 0.3) is 0 Å². The number of hydrogen-bond donors (Lipinski definition) is 1. The van der Waals surface area contributed by atoms with Gasteiger partial charge in [-0.05, 0) is 19.3 Å². The zero-order valence-electron chi connectivity index (χ0n) is 8.87. The third kappa shape index (κ3) is 8.98. The van der Waals surface area contributed by atoms with Crippen LogP contribution in [0.5, 0.6) is 0 Å². The molecule has 0 amide bonds. The Kier molecular flexibility index (Phi) is 8.40. The summed E-state index contributed by atoms with van der Waals surface area (Å²) < 4.78 is 5.17. The summed E-state index contributed by atoms with van der Waals surface area (Å²) in [6.45, 7) is 4.57. The monoisotopic (exact) mass is 211 g/mol. The smallest absolute Gasteiger partial charge is 0.330 e. The third-order valence-corrected chi connectivity index (χ3v) is 1.93. The van der Waals surface area contributed by atoms with Crippen molar-refractivity contribution in [1.82, 2.24) is 0 Å². The molecular weight excluding hydrogens is 194 g/mol. The third-order valence-electron chi connectivity index (χ3n) is 1.93. The first-order valence-electron chi connectivity index (χ1n) is 5.04. The molecule has 84 valence electrons. The quantitative estimate of drug-likeness (QED) is 0.468. The fraction of sp³-hybridized carbons (Fsp3) is 0.636. The van der Waals surface area contributed by atoms with E-state index in [4.69, 9.17) is 15.1 Å². The molecule has 0 saturated heterocycles. The Hall–Kier alpha value is -1.34. The summed E-state index contributed by atoms with van der Waals surface area (Å²) in [5.74, 6) is -0.916. The van der Waals surface area contributed by atoms with E-state index in [1.165, 1.54) is 0 Å². The van der Waals surface area contributed by atoms with Gasteiger partial charge in [-0.1, -0.05) is 13.0 Å². The number of nitriles is 1. The second-order valence-corrected chi connectivity index (χ2v) is 3.24. The highest BCUT2D eigenvalue weighted by atomic mass is 16.5. The zero-order valence-corrected chi connectivity index (χ0v) is 8.87. The van der Waals surface area contributed by atoms with Crippen molar-refractivity contribution in [3.63, 3.8) is 0 Å². The Balaban J connectivity index is 3.15. The molecule has 0 rings (SSSR count). The number of nitrogens with zero attached hydrogens (tertiary/aromatic N) is 1. The van der Waals surface area contributed by atoms with E-state index in [1.54, 1.807) is 0 Å². The number of carboxylic acid groups (broad SMARTS) is 1. The van der Waals surface area contributed by atoms with E-state index in [1.807, 2.05) is 6.07 Å². The van der Waals surface area contributed by atoms with Crippen LogP contribution < -0.4 is 0 Å². The van der Waals surface area contributed by atoms with Gasteiger partial charge in [0.25, 0.3) is 0 Å². The van der Waals surface area contributed by atoms with Gasteiger partial charge in [0.1, 0.15) is 0 Å². The zero-order chi connectivity index (χ0) is 11.5. The van der Waals surface area contributed by atoms with E-state index < -0.39 is 5.97 Å².